The predicted molar refractivity (Wildman–Crippen MR) is 73.6 cm³/mol. The molecule has 0 bridgehead atoms. The van der Waals surface area contributed by atoms with Crippen LogP contribution in [0.2, 0.25) is 0 Å². The number of carbonyl (C=O) groups is 1. The summed E-state index contributed by atoms with van der Waals surface area (Å²) in [4.78, 5) is 13.9. The van der Waals surface area contributed by atoms with Gasteiger partial charge in [-0.1, -0.05) is 12.1 Å². The number of nitrogens with zero attached hydrogens (tertiary/aromatic N) is 2. The van der Waals surface area contributed by atoms with Crippen molar-refractivity contribution < 1.29 is 14.7 Å². The van der Waals surface area contributed by atoms with Crippen molar-refractivity contribution >= 4 is 11.6 Å². The third kappa shape index (κ3) is 5.57. The Morgan fingerprint density at radius 1 is 1.63 bits per heavy atom. The fourth-order valence-electron chi connectivity index (χ4n) is 2.33. The van der Waals surface area contributed by atoms with E-state index in [1.165, 1.54) is 0 Å². The Balaban J connectivity index is 2.27. The molecule has 6 heteroatoms. The number of likely N-dealkylation sites (tertiary alicyclic amines) is 1. The molecule has 1 aliphatic rings. The van der Waals surface area contributed by atoms with Crippen LogP contribution in [0.3, 0.4) is 0 Å². The highest BCUT2D eigenvalue weighted by Crippen LogP contribution is 2.16. The second-order valence-corrected chi connectivity index (χ2v) is 4.88. The maximum Gasteiger partial charge on any atom is 0.234 e. The third-order valence-corrected chi connectivity index (χ3v) is 3.47. The van der Waals surface area contributed by atoms with E-state index in [0.29, 0.717) is 19.7 Å². The van der Waals surface area contributed by atoms with Gasteiger partial charge in [0.15, 0.2) is 0 Å². The molecule has 1 atom stereocenters. The van der Waals surface area contributed by atoms with Crippen LogP contribution in [0.4, 0.5) is 0 Å². The molecule has 110 valence electrons. The van der Waals surface area contributed by atoms with Crippen LogP contribution in [-0.2, 0) is 9.53 Å². The standard InChI is InChI=1S/C13H25N3O3/c1-3-11-9-16(7-5-12(11)15-18)10-13(17)14-6-4-8-19-2/h11,18H,3-10H2,1-2H3,(H,14,17). The van der Waals surface area contributed by atoms with E-state index in [9.17, 15) is 4.79 Å². The Bertz CT molecular complexity index is 308. The highest BCUT2D eigenvalue weighted by Gasteiger charge is 2.25. The quantitative estimate of drug-likeness (QED) is 0.406. The van der Waals surface area contributed by atoms with Crippen LogP contribution in [0, 0.1) is 5.92 Å². The summed E-state index contributed by atoms with van der Waals surface area (Å²) in [6.07, 6.45) is 2.51. The van der Waals surface area contributed by atoms with Crippen LogP contribution >= 0.6 is 0 Å². The summed E-state index contributed by atoms with van der Waals surface area (Å²) in [5.74, 6) is 0.315. The van der Waals surface area contributed by atoms with Crippen LogP contribution in [0.5, 0.6) is 0 Å². The van der Waals surface area contributed by atoms with Crippen molar-refractivity contribution in [2.24, 2.45) is 11.1 Å². The first kappa shape index (κ1) is 15.9. The Morgan fingerprint density at radius 3 is 3.05 bits per heavy atom. The first-order chi connectivity index (χ1) is 9.21. The van der Waals surface area contributed by atoms with Gasteiger partial charge in [0.2, 0.25) is 5.91 Å². The first-order valence-corrected chi connectivity index (χ1v) is 6.90. The van der Waals surface area contributed by atoms with Crippen molar-refractivity contribution in [3.63, 3.8) is 0 Å². The lowest BCUT2D eigenvalue weighted by Crippen LogP contribution is -2.45. The molecule has 1 unspecified atom stereocenters. The Hall–Kier alpha value is -1.14. The summed E-state index contributed by atoms with van der Waals surface area (Å²) in [5, 5.41) is 15.1. The summed E-state index contributed by atoms with van der Waals surface area (Å²) in [6.45, 7) is 5.38. The molecule has 0 aromatic heterocycles. The average Bonchev–Trinajstić information content (AvgIpc) is 2.43. The summed E-state index contributed by atoms with van der Waals surface area (Å²) in [5.41, 5.74) is 0.860. The number of oxime groups is 1. The van der Waals surface area contributed by atoms with E-state index in [-0.39, 0.29) is 11.8 Å². The molecule has 1 fully saturated rings. The van der Waals surface area contributed by atoms with Gasteiger partial charge in [0, 0.05) is 45.7 Å². The normalized spacial score (nSPS) is 22.6. The zero-order valence-electron chi connectivity index (χ0n) is 11.9. The average molecular weight is 271 g/mol. The second kappa shape index (κ2) is 8.87. The molecule has 0 aromatic carbocycles. The van der Waals surface area contributed by atoms with Gasteiger partial charge in [-0.2, -0.15) is 0 Å². The Labute approximate surface area is 114 Å². The van der Waals surface area contributed by atoms with Gasteiger partial charge in [0.1, 0.15) is 0 Å². The summed E-state index contributed by atoms with van der Waals surface area (Å²) < 4.78 is 4.93. The smallest absolute Gasteiger partial charge is 0.234 e. The van der Waals surface area contributed by atoms with E-state index in [2.05, 4.69) is 22.3 Å². The van der Waals surface area contributed by atoms with Gasteiger partial charge in [0.05, 0.1) is 12.3 Å². The summed E-state index contributed by atoms with van der Waals surface area (Å²) >= 11 is 0. The highest BCUT2D eigenvalue weighted by atomic mass is 16.5. The van der Waals surface area contributed by atoms with Gasteiger partial charge in [-0.25, -0.2) is 0 Å². The number of nitrogens with one attached hydrogen (secondary N) is 1. The molecule has 1 saturated heterocycles. The van der Waals surface area contributed by atoms with Crippen molar-refractivity contribution in [3.8, 4) is 0 Å². The van der Waals surface area contributed by atoms with Gasteiger partial charge in [-0.05, 0) is 12.8 Å². The number of carbonyl (C=O) groups excluding carboxylic acids is 1. The predicted octanol–water partition coefficient (Wildman–Crippen LogP) is 0.701. The van der Waals surface area contributed by atoms with E-state index < -0.39 is 0 Å². The maximum absolute atomic E-state index is 11.7. The number of methoxy groups -OCH3 is 1. The molecule has 0 aliphatic carbocycles. The largest absolute Gasteiger partial charge is 0.411 e. The molecule has 1 heterocycles. The number of amides is 1. The molecule has 1 amide bonds. The van der Waals surface area contributed by atoms with Crippen LogP contribution < -0.4 is 5.32 Å². The maximum atomic E-state index is 11.7. The van der Waals surface area contributed by atoms with Gasteiger partial charge >= 0.3 is 0 Å². The van der Waals surface area contributed by atoms with E-state index in [1.54, 1.807) is 7.11 Å². The van der Waals surface area contributed by atoms with E-state index in [4.69, 9.17) is 9.94 Å². The van der Waals surface area contributed by atoms with Crippen molar-refractivity contribution in [2.45, 2.75) is 26.2 Å². The number of hydrogen-bond donors (Lipinski definition) is 2. The number of rotatable bonds is 7. The molecule has 0 spiro atoms. The van der Waals surface area contributed by atoms with E-state index in [1.807, 2.05) is 0 Å². The molecule has 0 aromatic rings. The van der Waals surface area contributed by atoms with Crippen molar-refractivity contribution in [1.82, 2.24) is 10.2 Å². The van der Waals surface area contributed by atoms with Gasteiger partial charge in [0.25, 0.3) is 0 Å². The van der Waals surface area contributed by atoms with Crippen LogP contribution in [-0.4, -0.2) is 61.6 Å². The van der Waals surface area contributed by atoms with Crippen LogP contribution in [0.1, 0.15) is 26.2 Å². The van der Waals surface area contributed by atoms with Crippen LogP contribution in [0.15, 0.2) is 5.16 Å². The first-order valence-electron chi connectivity index (χ1n) is 6.90. The molecule has 19 heavy (non-hydrogen) atoms. The van der Waals surface area contributed by atoms with E-state index in [0.717, 1.165) is 38.1 Å². The fraction of sp³-hybridized carbons (Fsp3) is 0.846. The monoisotopic (exact) mass is 271 g/mol. The van der Waals surface area contributed by atoms with Crippen molar-refractivity contribution in [1.29, 1.82) is 0 Å². The minimum absolute atomic E-state index is 0.0512. The molecule has 1 aliphatic heterocycles. The van der Waals surface area contributed by atoms with Gasteiger partial charge in [-0.15, -0.1) is 0 Å². The fourth-order valence-corrected chi connectivity index (χ4v) is 2.33. The Morgan fingerprint density at radius 2 is 2.42 bits per heavy atom. The lowest BCUT2D eigenvalue weighted by Gasteiger charge is -2.32. The van der Waals surface area contributed by atoms with Gasteiger partial charge in [-0.3, -0.25) is 9.69 Å². The summed E-state index contributed by atoms with van der Waals surface area (Å²) in [7, 11) is 1.65. The lowest BCUT2D eigenvalue weighted by molar-refractivity contribution is -0.122. The molecular weight excluding hydrogens is 246 g/mol. The zero-order valence-corrected chi connectivity index (χ0v) is 11.9. The molecule has 0 saturated carbocycles. The minimum atomic E-state index is 0.0512. The lowest BCUT2D eigenvalue weighted by atomic mass is 9.93. The SMILES string of the molecule is CCC1CN(CC(=O)NCCCOC)CCC1=NO. The molecule has 0 radical (unpaired) electrons. The van der Waals surface area contributed by atoms with Crippen molar-refractivity contribution in [3.05, 3.63) is 0 Å². The highest BCUT2D eigenvalue weighted by molar-refractivity contribution is 5.87. The van der Waals surface area contributed by atoms with Crippen molar-refractivity contribution in [2.75, 3.05) is 39.9 Å². The third-order valence-electron chi connectivity index (χ3n) is 3.47. The topological polar surface area (TPSA) is 74.2 Å². The molecular formula is C13H25N3O3. The van der Waals surface area contributed by atoms with Gasteiger partial charge < -0.3 is 15.3 Å². The molecule has 1 rings (SSSR count). The zero-order chi connectivity index (χ0) is 14.1. The second-order valence-electron chi connectivity index (χ2n) is 4.88. The molecule has 6 nitrogen and oxygen atoms in total. The van der Waals surface area contributed by atoms with E-state index >= 15 is 0 Å². The minimum Gasteiger partial charge on any atom is -0.411 e. The Kier molecular flexibility index (Phi) is 7.43. The summed E-state index contributed by atoms with van der Waals surface area (Å²) in [6, 6.07) is 0. The number of hydrogen-bond acceptors (Lipinski definition) is 5. The van der Waals surface area contributed by atoms with Crippen LogP contribution in [0.25, 0.3) is 0 Å². The molecule has 2 N–H and O–H groups in total. The number of piperidine rings is 1. The number of ether oxygens (including phenoxy) is 1.